The number of nitrogens with one attached hydrogen (secondary N) is 1. The van der Waals surface area contributed by atoms with E-state index in [-0.39, 0.29) is 17.4 Å². The molecule has 2 heterocycles. The molecule has 31 heavy (non-hydrogen) atoms. The molecule has 4 amide bonds. The molecule has 1 N–H and O–H groups in total. The highest BCUT2D eigenvalue weighted by Gasteiger charge is 2.50. The highest BCUT2D eigenvalue weighted by molar-refractivity contribution is 7.91. The van der Waals surface area contributed by atoms with Crippen LogP contribution in [-0.4, -0.2) is 73.8 Å². The Bertz CT molecular complexity index is 975. The van der Waals surface area contributed by atoms with E-state index in [1.807, 2.05) is 13.8 Å². The van der Waals surface area contributed by atoms with Crippen molar-refractivity contribution in [2.45, 2.75) is 38.8 Å². The molecule has 10 heteroatoms. The van der Waals surface area contributed by atoms with Gasteiger partial charge in [-0.3, -0.25) is 14.5 Å². The second-order valence-corrected chi connectivity index (χ2v) is 10.9. The number of amides is 4. The van der Waals surface area contributed by atoms with Gasteiger partial charge in [0.05, 0.1) is 18.6 Å². The summed E-state index contributed by atoms with van der Waals surface area (Å²) in [5.41, 5.74) is -0.731. The Kier molecular flexibility index (Phi) is 6.31. The number of urea groups is 1. The molecule has 1 aromatic rings. The van der Waals surface area contributed by atoms with E-state index in [1.54, 1.807) is 31.2 Å². The van der Waals surface area contributed by atoms with Gasteiger partial charge in [0.2, 0.25) is 5.91 Å². The van der Waals surface area contributed by atoms with Crippen LogP contribution < -0.4 is 10.1 Å². The minimum absolute atomic E-state index is 0.0399. The van der Waals surface area contributed by atoms with Gasteiger partial charge in [-0.15, -0.1) is 0 Å². The summed E-state index contributed by atoms with van der Waals surface area (Å²) in [4.78, 5) is 41.3. The maximum Gasteiger partial charge on any atom is 0.325 e. The van der Waals surface area contributed by atoms with Gasteiger partial charge in [0, 0.05) is 12.6 Å². The number of ether oxygens (including phenoxy) is 1. The van der Waals surface area contributed by atoms with Crippen molar-refractivity contribution in [2.75, 3.05) is 31.7 Å². The van der Waals surface area contributed by atoms with Gasteiger partial charge in [-0.05, 0) is 37.0 Å². The van der Waals surface area contributed by atoms with Crippen LogP contribution in [0.25, 0.3) is 0 Å². The molecular formula is C21H29N3O6S. The Hall–Kier alpha value is -2.62. The molecule has 0 bridgehead atoms. The van der Waals surface area contributed by atoms with Crippen molar-refractivity contribution in [1.82, 2.24) is 15.1 Å². The molecule has 2 saturated heterocycles. The molecule has 0 spiro atoms. The Morgan fingerprint density at radius 3 is 2.45 bits per heavy atom. The number of hydrogen-bond donors (Lipinski definition) is 1. The maximum atomic E-state index is 13.1. The van der Waals surface area contributed by atoms with Crippen molar-refractivity contribution in [2.24, 2.45) is 5.92 Å². The van der Waals surface area contributed by atoms with Gasteiger partial charge in [0.25, 0.3) is 5.91 Å². The van der Waals surface area contributed by atoms with E-state index in [2.05, 4.69) is 5.32 Å². The number of carbonyl (C=O) groups is 3. The second kappa shape index (κ2) is 8.49. The number of nitrogens with zero attached hydrogens (tertiary/aromatic N) is 2. The zero-order valence-electron chi connectivity index (χ0n) is 18.3. The molecule has 0 unspecified atom stereocenters. The smallest absolute Gasteiger partial charge is 0.325 e. The van der Waals surface area contributed by atoms with Crippen LogP contribution in [0.4, 0.5) is 4.79 Å². The number of methoxy groups -OCH3 is 1. The van der Waals surface area contributed by atoms with Crippen molar-refractivity contribution in [1.29, 1.82) is 0 Å². The summed E-state index contributed by atoms with van der Waals surface area (Å²) in [5, 5.41) is 2.68. The predicted molar refractivity (Wildman–Crippen MR) is 114 cm³/mol. The lowest BCUT2D eigenvalue weighted by Gasteiger charge is -2.31. The Balaban J connectivity index is 1.79. The second-order valence-electron chi connectivity index (χ2n) is 8.67. The van der Waals surface area contributed by atoms with Gasteiger partial charge in [-0.2, -0.15) is 0 Å². The van der Waals surface area contributed by atoms with Crippen LogP contribution in [0.15, 0.2) is 24.3 Å². The van der Waals surface area contributed by atoms with E-state index in [1.165, 1.54) is 12.0 Å². The maximum absolute atomic E-state index is 13.1. The van der Waals surface area contributed by atoms with Crippen LogP contribution in [0.3, 0.4) is 0 Å². The molecule has 2 atom stereocenters. The SMILES string of the molecule is COc1ccc([C@]2(C)NC(=O)N(CC(=O)N(CC(C)C)[C@@H]3CCS(=O)(=O)C3)C2=O)cc1. The highest BCUT2D eigenvalue weighted by atomic mass is 32.2. The fraction of sp³-hybridized carbons (Fsp3) is 0.571. The van der Waals surface area contributed by atoms with E-state index in [9.17, 15) is 22.8 Å². The topological polar surface area (TPSA) is 113 Å². The van der Waals surface area contributed by atoms with Crippen molar-refractivity contribution >= 4 is 27.7 Å². The van der Waals surface area contributed by atoms with Gasteiger partial charge in [-0.25, -0.2) is 13.2 Å². The Morgan fingerprint density at radius 1 is 1.29 bits per heavy atom. The normalized spacial score (nSPS) is 25.1. The molecule has 170 valence electrons. The molecule has 0 saturated carbocycles. The van der Waals surface area contributed by atoms with Crippen molar-refractivity contribution in [3.05, 3.63) is 29.8 Å². The lowest BCUT2D eigenvalue weighted by molar-refractivity contribution is -0.140. The van der Waals surface area contributed by atoms with Gasteiger partial charge in [0.1, 0.15) is 17.8 Å². The van der Waals surface area contributed by atoms with Crippen molar-refractivity contribution in [3.63, 3.8) is 0 Å². The molecule has 0 radical (unpaired) electrons. The summed E-state index contributed by atoms with van der Waals surface area (Å²) in [7, 11) is -1.65. The van der Waals surface area contributed by atoms with Gasteiger partial charge < -0.3 is 15.0 Å². The molecule has 3 rings (SSSR count). The number of benzene rings is 1. The quantitative estimate of drug-likeness (QED) is 0.622. The van der Waals surface area contributed by atoms with Crippen LogP contribution in [0.5, 0.6) is 5.75 Å². The lowest BCUT2D eigenvalue weighted by atomic mass is 9.92. The number of carbonyl (C=O) groups excluding carboxylic acids is 3. The molecular weight excluding hydrogens is 422 g/mol. The average molecular weight is 452 g/mol. The minimum atomic E-state index is -3.18. The third-order valence-corrected chi connectivity index (χ3v) is 7.52. The first-order valence-corrected chi connectivity index (χ1v) is 12.1. The first-order valence-electron chi connectivity index (χ1n) is 10.3. The fourth-order valence-electron chi connectivity index (χ4n) is 4.06. The number of sulfone groups is 1. The molecule has 1 aromatic carbocycles. The van der Waals surface area contributed by atoms with Gasteiger partial charge in [-0.1, -0.05) is 26.0 Å². The number of hydrogen-bond acceptors (Lipinski definition) is 6. The van der Waals surface area contributed by atoms with Crippen LogP contribution in [0.2, 0.25) is 0 Å². The summed E-state index contributed by atoms with van der Waals surface area (Å²) >= 11 is 0. The van der Waals surface area contributed by atoms with Gasteiger partial charge >= 0.3 is 6.03 Å². The molecule has 0 aliphatic carbocycles. The first-order chi connectivity index (χ1) is 14.5. The molecule has 2 aliphatic rings. The predicted octanol–water partition coefficient (Wildman–Crippen LogP) is 1.13. The molecule has 2 aliphatic heterocycles. The molecule has 2 fully saturated rings. The van der Waals surface area contributed by atoms with E-state index in [0.29, 0.717) is 24.3 Å². The number of imide groups is 1. The number of rotatable bonds is 7. The lowest BCUT2D eigenvalue weighted by Crippen LogP contribution is -2.49. The van der Waals surface area contributed by atoms with Gasteiger partial charge in [0.15, 0.2) is 9.84 Å². The zero-order chi connectivity index (χ0) is 23.0. The Labute approximate surface area is 182 Å². The summed E-state index contributed by atoms with van der Waals surface area (Å²) in [5.74, 6) is -0.280. The van der Waals surface area contributed by atoms with Crippen LogP contribution in [-0.2, 0) is 25.0 Å². The van der Waals surface area contributed by atoms with E-state index in [0.717, 1.165) is 4.90 Å². The first kappa shape index (κ1) is 23.1. The summed E-state index contributed by atoms with van der Waals surface area (Å²) in [6.45, 7) is 5.38. The third kappa shape index (κ3) is 4.68. The van der Waals surface area contributed by atoms with Crippen molar-refractivity contribution < 1.29 is 27.5 Å². The van der Waals surface area contributed by atoms with E-state index in [4.69, 9.17) is 4.74 Å². The zero-order valence-corrected chi connectivity index (χ0v) is 19.1. The van der Waals surface area contributed by atoms with E-state index < -0.39 is 45.8 Å². The van der Waals surface area contributed by atoms with Crippen LogP contribution >= 0.6 is 0 Å². The fourth-order valence-corrected chi connectivity index (χ4v) is 5.79. The standard InChI is InChI=1S/C21H29N3O6S/c1-14(2)11-23(16-9-10-31(28,29)13-16)18(25)12-24-19(26)21(3,22-20(24)27)15-5-7-17(30-4)8-6-15/h5-8,14,16H,9-13H2,1-4H3,(H,22,27)/t16-,21+/m1/s1. The van der Waals surface area contributed by atoms with Crippen molar-refractivity contribution in [3.8, 4) is 5.75 Å². The minimum Gasteiger partial charge on any atom is -0.497 e. The third-order valence-electron chi connectivity index (χ3n) is 5.77. The van der Waals surface area contributed by atoms with Crippen LogP contribution in [0, 0.1) is 5.92 Å². The average Bonchev–Trinajstić information content (AvgIpc) is 3.17. The largest absolute Gasteiger partial charge is 0.497 e. The molecule has 9 nitrogen and oxygen atoms in total. The monoisotopic (exact) mass is 451 g/mol. The van der Waals surface area contributed by atoms with Crippen LogP contribution in [0.1, 0.15) is 32.8 Å². The summed E-state index contributed by atoms with van der Waals surface area (Å²) in [6, 6.07) is 5.68. The molecule has 0 aromatic heterocycles. The highest BCUT2D eigenvalue weighted by Crippen LogP contribution is 2.30. The van der Waals surface area contributed by atoms with E-state index >= 15 is 0 Å². The summed E-state index contributed by atoms with van der Waals surface area (Å²) < 4.78 is 29.0. The summed E-state index contributed by atoms with van der Waals surface area (Å²) in [6.07, 6.45) is 0.366. The Morgan fingerprint density at radius 2 is 1.94 bits per heavy atom.